The maximum absolute atomic E-state index is 12.6. The highest BCUT2D eigenvalue weighted by molar-refractivity contribution is 5.94. The Morgan fingerprint density at radius 3 is 2.54 bits per heavy atom. The zero-order chi connectivity index (χ0) is 19.3. The number of amides is 1. The molecule has 6 nitrogen and oxygen atoms in total. The van der Waals surface area contributed by atoms with Crippen molar-refractivity contribution in [3.63, 3.8) is 0 Å². The molecule has 1 fully saturated rings. The first-order valence-electron chi connectivity index (χ1n) is 9.30. The number of hydrogen-bond acceptors (Lipinski definition) is 4. The highest BCUT2D eigenvalue weighted by atomic mass is 16.6. The van der Waals surface area contributed by atoms with E-state index in [4.69, 9.17) is 4.74 Å². The molecule has 1 heterocycles. The second-order valence-electron chi connectivity index (χ2n) is 7.74. The Morgan fingerprint density at radius 1 is 1.23 bits per heavy atom. The van der Waals surface area contributed by atoms with E-state index in [0.29, 0.717) is 30.9 Å². The average molecular weight is 362 g/mol. The van der Waals surface area contributed by atoms with Crippen LogP contribution < -0.4 is 4.90 Å². The van der Waals surface area contributed by atoms with Crippen LogP contribution in [0.3, 0.4) is 0 Å². The molecule has 0 bridgehead atoms. The second-order valence-corrected chi connectivity index (χ2v) is 7.74. The molecule has 0 spiro atoms. The SMILES string of the molecule is CCCC[C@H]1CN(c2ccccc2C(=O)O)CCN1C(=O)OC(C)(C)C. The molecule has 144 valence electrons. The molecule has 2 rings (SSSR count). The van der Waals surface area contributed by atoms with Crippen molar-refractivity contribution in [2.75, 3.05) is 24.5 Å². The zero-order valence-electron chi connectivity index (χ0n) is 16.2. The lowest BCUT2D eigenvalue weighted by Crippen LogP contribution is -2.56. The normalized spacial score (nSPS) is 17.9. The van der Waals surface area contributed by atoms with Gasteiger partial charge in [0.05, 0.1) is 17.3 Å². The first-order valence-corrected chi connectivity index (χ1v) is 9.30. The predicted octanol–water partition coefficient (Wildman–Crippen LogP) is 4.00. The Labute approximate surface area is 155 Å². The van der Waals surface area contributed by atoms with Gasteiger partial charge in [-0.15, -0.1) is 0 Å². The summed E-state index contributed by atoms with van der Waals surface area (Å²) in [6.45, 7) is 9.45. The van der Waals surface area contributed by atoms with Crippen LogP contribution >= 0.6 is 0 Å². The molecule has 1 aliphatic heterocycles. The van der Waals surface area contributed by atoms with Gasteiger partial charge in [-0.1, -0.05) is 31.9 Å². The fourth-order valence-corrected chi connectivity index (χ4v) is 3.25. The van der Waals surface area contributed by atoms with E-state index in [1.54, 1.807) is 17.0 Å². The Hall–Kier alpha value is -2.24. The summed E-state index contributed by atoms with van der Waals surface area (Å²) in [6.07, 6.45) is 2.65. The number of ether oxygens (including phenoxy) is 1. The van der Waals surface area contributed by atoms with E-state index < -0.39 is 11.6 Å². The maximum Gasteiger partial charge on any atom is 0.410 e. The largest absolute Gasteiger partial charge is 0.478 e. The van der Waals surface area contributed by atoms with Crippen molar-refractivity contribution in [3.05, 3.63) is 29.8 Å². The summed E-state index contributed by atoms with van der Waals surface area (Å²) in [7, 11) is 0. The third-order valence-electron chi connectivity index (χ3n) is 4.48. The summed E-state index contributed by atoms with van der Waals surface area (Å²) in [5.74, 6) is -0.930. The number of carboxylic acids is 1. The van der Waals surface area contributed by atoms with Crippen molar-refractivity contribution in [2.24, 2.45) is 0 Å². The molecule has 26 heavy (non-hydrogen) atoms. The molecule has 1 aromatic carbocycles. The number of carbonyl (C=O) groups is 2. The van der Waals surface area contributed by atoms with Gasteiger partial charge in [0.2, 0.25) is 0 Å². The Kier molecular flexibility index (Phi) is 6.51. The van der Waals surface area contributed by atoms with E-state index in [0.717, 1.165) is 19.3 Å². The smallest absolute Gasteiger partial charge is 0.410 e. The molecule has 1 saturated heterocycles. The summed E-state index contributed by atoms with van der Waals surface area (Å²) in [5.41, 5.74) is 0.484. The molecular weight excluding hydrogens is 332 g/mol. The number of carbonyl (C=O) groups excluding carboxylic acids is 1. The van der Waals surface area contributed by atoms with Crippen LogP contribution in [0.15, 0.2) is 24.3 Å². The maximum atomic E-state index is 12.6. The van der Waals surface area contributed by atoms with E-state index >= 15 is 0 Å². The zero-order valence-corrected chi connectivity index (χ0v) is 16.2. The van der Waals surface area contributed by atoms with Crippen molar-refractivity contribution < 1.29 is 19.4 Å². The Balaban J connectivity index is 2.19. The lowest BCUT2D eigenvalue weighted by molar-refractivity contribution is 0.0129. The van der Waals surface area contributed by atoms with Gasteiger partial charge in [0.25, 0.3) is 0 Å². The van der Waals surface area contributed by atoms with Crippen molar-refractivity contribution >= 4 is 17.7 Å². The van der Waals surface area contributed by atoms with Crippen molar-refractivity contribution in [3.8, 4) is 0 Å². The van der Waals surface area contributed by atoms with Gasteiger partial charge in [0, 0.05) is 19.6 Å². The molecule has 1 aliphatic rings. The van der Waals surface area contributed by atoms with E-state index in [9.17, 15) is 14.7 Å². The van der Waals surface area contributed by atoms with Gasteiger partial charge in [-0.2, -0.15) is 0 Å². The number of aromatic carboxylic acids is 1. The number of nitrogens with zero attached hydrogens (tertiary/aromatic N) is 2. The third-order valence-corrected chi connectivity index (χ3v) is 4.48. The molecule has 1 aromatic rings. The monoisotopic (exact) mass is 362 g/mol. The topological polar surface area (TPSA) is 70.1 Å². The van der Waals surface area contributed by atoms with Crippen LogP contribution in [0.25, 0.3) is 0 Å². The quantitative estimate of drug-likeness (QED) is 0.857. The standard InChI is InChI=1S/C20H30N2O4/c1-5-6-9-15-14-21(17-11-8-7-10-16(17)18(23)24)12-13-22(15)19(25)26-20(2,3)4/h7-8,10-11,15H,5-6,9,12-14H2,1-4H3,(H,23,24)/t15-/m0/s1. The van der Waals surface area contributed by atoms with Gasteiger partial charge >= 0.3 is 12.1 Å². The van der Waals surface area contributed by atoms with Crippen LogP contribution in [0.1, 0.15) is 57.3 Å². The molecule has 0 aliphatic carbocycles. The van der Waals surface area contributed by atoms with Crippen LogP contribution in [0.2, 0.25) is 0 Å². The summed E-state index contributed by atoms with van der Waals surface area (Å²) < 4.78 is 5.56. The van der Waals surface area contributed by atoms with E-state index in [1.807, 2.05) is 32.9 Å². The van der Waals surface area contributed by atoms with Crippen LogP contribution in [-0.4, -0.2) is 53.3 Å². The summed E-state index contributed by atoms with van der Waals surface area (Å²) in [4.78, 5) is 28.0. The minimum absolute atomic E-state index is 0.0143. The average Bonchev–Trinajstić information content (AvgIpc) is 2.58. The number of benzene rings is 1. The fourth-order valence-electron chi connectivity index (χ4n) is 3.25. The molecule has 0 saturated carbocycles. The van der Waals surface area contributed by atoms with E-state index in [2.05, 4.69) is 11.8 Å². The van der Waals surface area contributed by atoms with E-state index in [1.165, 1.54) is 0 Å². The van der Waals surface area contributed by atoms with Gasteiger partial charge in [-0.3, -0.25) is 0 Å². The molecule has 1 amide bonds. The van der Waals surface area contributed by atoms with Gasteiger partial charge < -0.3 is 19.6 Å². The summed E-state index contributed by atoms with van der Waals surface area (Å²) in [5, 5.41) is 9.46. The molecule has 0 radical (unpaired) electrons. The highest BCUT2D eigenvalue weighted by Crippen LogP contribution is 2.26. The van der Waals surface area contributed by atoms with Crippen molar-refractivity contribution in [2.45, 2.75) is 58.6 Å². The number of unbranched alkanes of at least 4 members (excludes halogenated alkanes) is 1. The number of anilines is 1. The Morgan fingerprint density at radius 2 is 1.92 bits per heavy atom. The van der Waals surface area contributed by atoms with Gasteiger partial charge in [-0.05, 0) is 39.3 Å². The van der Waals surface area contributed by atoms with Crippen LogP contribution in [-0.2, 0) is 4.74 Å². The Bertz CT molecular complexity index is 639. The second kappa shape index (κ2) is 8.43. The third kappa shape index (κ3) is 5.13. The number of hydrogen-bond donors (Lipinski definition) is 1. The lowest BCUT2D eigenvalue weighted by Gasteiger charge is -2.43. The molecule has 0 aromatic heterocycles. The number of para-hydroxylation sites is 1. The van der Waals surface area contributed by atoms with Crippen LogP contribution in [0.4, 0.5) is 10.5 Å². The fraction of sp³-hybridized carbons (Fsp3) is 0.600. The van der Waals surface area contributed by atoms with Crippen molar-refractivity contribution in [1.82, 2.24) is 4.90 Å². The first kappa shape index (κ1) is 20.1. The van der Waals surface area contributed by atoms with Gasteiger partial charge in [0.15, 0.2) is 0 Å². The minimum atomic E-state index is -0.930. The summed E-state index contributed by atoms with van der Waals surface area (Å²) in [6, 6.07) is 7.06. The molecule has 0 unspecified atom stereocenters. The van der Waals surface area contributed by atoms with Crippen molar-refractivity contribution in [1.29, 1.82) is 0 Å². The summed E-state index contributed by atoms with van der Waals surface area (Å²) >= 11 is 0. The molecule has 6 heteroatoms. The van der Waals surface area contributed by atoms with Crippen LogP contribution in [0.5, 0.6) is 0 Å². The van der Waals surface area contributed by atoms with Gasteiger partial charge in [0.1, 0.15) is 5.60 Å². The number of piperazine rings is 1. The highest BCUT2D eigenvalue weighted by Gasteiger charge is 2.33. The van der Waals surface area contributed by atoms with E-state index in [-0.39, 0.29) is 12.1 Å². The predicted molar refractivity (Wildman–Crippen MR) is 102 cm³/mol. The minimum Gasteiger partial charge on any atom is -0.478 e. The van der Waals surface area contributed by atoms with Gasteiger partial charge in [-0.25, -0.2) is 9.59 Å². The molecule has 1 N–H and O–H groups in total. The number of rotatable bonds is 5. The van der Waals surface area contributed by atoms with Crippen LogP contribution in [0, 0.1) is 0 Å². The number of carboxylic acid groups (broad SMARTS) is 1. The first-order chi connectivity index (χ1) is 12.2. The molecule has 1 atom stereocenters. The molecular formula is C20H30N2O4. The lowest BCUT2D eigenvalue weighted by atomic mass is 10.0.